The third-order valence-electron chi connectivity index (χ3n) is 10.9. The number of urea groups is 1. The zero-order chi connectivity index (χ0) is 44.2. The molecule has 21 heteroatoms. The Morgan fingerprint density at radius 1 is 0.967 bits per heavy atom. The van der Waals surface area contributed by atoms with Gasteiger partial charge >= 0.3 is 18.4 Å². The normalized spacial score (nSPS) is 28.8. The van der Waals surface area contributed by atoms with Gasteiger partial charge in [0.25, 0.3) is 0 Å². The third kappa shape index (κ3) is 11.1. The molecule has 0 saturated carbocycles. The molecule has 16 nitrogen and oxygen atoms in total. The molecule has 9 atom stereocenters. The first-order valence-electron chi connectivity index (χ1n) is 19.5. The zero-order valence-corrected chi connectivity index (χ0v) is 33.5. The minimum absolute atomic E-state index is 0.0309. The molecule has 328 valence electrons. The van der Waals surface area contributed by atoms with Gasteiger partial charge in [-0.15, -0.1) is 13.2 Å². The monoisotopic (exact) mass is 853 g/mol. The largest absolute Gasteiger partial charge is 0.573 e. The Kier molecular flexibility index (Phi) is 14.1. The van der Waals surface area contributed by atoms with Crippen molar-refractivity contribution in [1.82, 2.24) is 30.7 Å². The van der Waals surface area contributed by atoms with Gasteiger partial charge in [0.15, 0.2) is 0 Å². The molecule has 60 heavy (non-hydrogen) atoms. The number of cyclic esters (lactones) is 1. The number of amides is 7. The average Bonchev–Trinajstić information content (AvgIpc) is 3.82. The summed E-state index contributed by atoms with van der Waals surface area (Å²) in [5.41, 5.74) is -0.0309. The van der Waals surface area contributed by atoms with Crippen LogP contribution in [0, 0.1) is 11.8 Å². The maximum atomic E-state index is 14.5. The Bertz CT molecular complexity index is 1910. The van der Waals surface area contributed by atoms with Crippen LogP contribution in [-0.2, 0) is 33.5 Å². The summed E-state index contributed by atoms with van der Waals surface area (Å²) >= 11 is 0. The van der Waals surface area contributed by atoms with Gasteiger partial charge in [0.05, 0.1) is 0 Å². The minimum Gasteiger partial charge on any atom is -0.458 e. The fraction of sp³-hybridized carbons (Fsp3) is 0.564. The number of nitrogens with one attached hydrogen (secondary N) is 4. The summed E-state index contributed by atoms with van der Waals surface area (Å²) in [5, 5.41) is 9.88. The number of allylic oxidation sites excluding steroid dienone is 4. The van der Waals surface area contributed by atoms with Crippen LogP contribution in [0.15, 0.2) is 48.1 Å². The van der Waals surface area contributed by atoms with Crippen LogP contribution >= 0.6 is 0 Å². The molecule has 3 aliphatic heterocycles. The van der Waals surface area contributed by atoms with Gasteiger partial charge in [-0.25, -0.2) is 18.4 Å². The fourth-order valence-electron chi connectivity index (χ4n) is 7.73. The summed E-state index contributed by atoms with van der Waals surface area (Å²) < 4.78 is 76.3. The highest BCUT2D eigenvalue weighted by molar-refractivity contribution is 5.98. The van der Waals surface area contributed by atoms with Crippen molar-refractivity contribution in [3.63, 3.8) is 0 Å². The van der Waals surface area contributed by atoms with Gasteiger partial charge < -0.3 is 45.4 Å². The van der Waals surface area contributed by atoms with E-state index in [2.05, 4.69) is 26.0 Å². The second kappa shape index (κ2) is 18.7. The number of hydrogen-bond donors (Lipinski definition) is 4. The number of anilines is 1. The average molecular weight is 854 g/mol. The number of benzene rings is 1. The molecule has 0 radical (unpaired) electrons. The van der Waals surface area contributed by atoms with Gasteiger partial charge in [0.1, 0.15) is 59.8 Å². The van der Waals surface area contributed by atoms with Crippen LogP contribution in [0.5, 0.6) is 5.75 Å². The molecule has 1 aliphatic carbocycles. The quantitative estimate of drug-likeness (QED) is 0.235. The topological polar surface area (TPSA) is 196 Å². The number of halogens is 5. The van der Waals surface area contributed by atoms with Crippen molar-refractivity contribution in [2.75, 3.05) is 25.5 Å². The molecule has 1 aromatic rings. The smallest absolute Gasteiger partial charge is 0.458 e. The molecule has 0 spiro atoms. The van der Waals surface area contributed by atoms with E-state index in [1.807, 2.05) is 0 Å². The van der Waals surface area contributed by atoms with Crippen LogP contribution < -0.4 is 26.0 Å². The van der Waals surface area contributed by atoms with E-state index >= 15 is 0 Å². The Labute approximate surface area is 342 Å². The van der Waals surface area contributed by atoms with Crippen molar-refractivity contribution in [2.45, 2.75) is 109 Å². The molecule has 1 aromatic carbocycles. The van der Waals surface area contributed by atoms with E-state index in [-0.39, 0.29) is 44.0 Å². The van der Waals surface area contributed by atoms with Crippen molar-refractivity contribution >= 4 is 47.2 Å². The molecule has 3 heterocycles. The lowest BCUT2D eigenvalue weighted by Gasteiger charge is -2.36. The molecule has 3 saturated heterocycles. The number of fused-ring (bicyclic) bond motifs is 2. The van der Waals surface area contributed by atoms with E-state index in [0.717, 1.165) is 35.2 Å². The predicted octanol–water partition coefficient (Wildman–Crippen LogP) is 3.20. The second-order valence-corrected chi connectivity index (χ2v) is 15.6. The maximum absolute atomic E-state index is 14.5. The van der Waals surface area contributed by atoms with E-state index in [9.17, 15) is 55.5 Å². The highest BCUT2D eigenvalue weighted by atomic mass is 19.4. The van der Waals surface area contributed by atoms with E-state index in [0.29, 0.717) is 12.5 Å². The van der Waals surface area contributed by atoms with E-state index in [1.165, 1.54) is 37.6 Å². The van der Waals surface area contributed by atoms with E-state index in [1.54, 1.807) is 6.92 Å². The molecule has 0 bridgehead atoms. The Morgan fingerprint density at radius 3 is 2.30 bits per heavy atom. The summed E-state index contributed by atoms with van der Waals surface area (Å²) in [6, 6.07) is -4.83. The van der Waals surface area contributed by atoms with Gasteiger partial charge in [-0.2, -0.15) is 0 Å². The number of esters is 1. The molecule has 1 unspecified atom stereocenters. The molecule has 5 rings (SSSR count). The number of ether oxygens (including phenoxy) is 2. The van der Waals surface area contributed by atoms with Crippen molar-refractivity contribution in [1.29, 1.82) is 0 Å². The van der Waals surface area contributed by atoms with Crippen molar-refractivity contribution < 1.29 is 65.0 Å². The number of alkyl halides is 3. The first-order chi connectivity index (χ1) is 28.1. The summed E-state index contributed by atoms with van der Waals surface area (Å²) in [7, 11) is 1.37. The number of hydrogen-bond acceptors (Lipinski definition) is 9. The maximum Gasteiger partial charge on any atom is 0.573 e. The standard InChI is InChI=1S/C39H48F5N7O9/c1-19-13-30-37(57)59-22(4)31(36(56)50-12-6-7-29(50)35(55)49(5)21(3)32(52)45-20(2)34(54)51(30)18-19)48-33(53)28(16-23-14-24(40)17-25(41)15-23)47-38(58)46-26-8-10-27(11-9-26)60-39(42,43)44/h8-11,14,17,19-23,28-31H,6-7,12-13,15-16,18H2,1-5H3,(H,45,52)(H,48,53)(H2,46,47,58)/t19-,20+,21+,22+,23?,28+,29+,30+,31+/m1/s1. The molecule has 4 aliphatic rings. The molecular weight excluding hydrogens is 805 g/mol. The minimum atomic E-state index is -4.97. The Balaban J connectivity index is 1.46. The summed E-state index contributed by atoms with van der Waals surface area (Å²) in [4.78, 5) is 100. The number of likely N-dealkylation sites (N-methyl/N-ethyl adjacent to an activating group) is 1. The van der Waals surface area contributed by atoms with Crippen LogP contribution in [0.4, 0.5) is 32.4 Å². The Morgan fingerprint density at radius 2 is 1.65 bits per heavy atom. The first-order valence-corrected chi connectivity index (χ1v) is 19.5. The lowest BCUT2D eigenvalue weighted by molar-refractivity contribution is -0.274. The van der Waals surface area contributed by atoms with Crippen molar-refractivity contribution in [3.8, 4) is 5.75 Å². The van der Waals surface area contributed by atoms with E-state index in [4.69, 9.17) is 4.74 Å². The van der Waals surface area contributed by atoms with Crippen LogP contribution in [0.1, 0.15) is 59.8 Å². The fourth-order valence-corrected chi connectivity index (χ4v) is 7.73. The SMILES string of the molecule is C[C@@H]1C[C@H]2C(=O)O[C@@H](C)[C@H](NC(=O)[C@H](CC3C=C(F)C=C(F)C3)NC(=O)Nc3ccc(OC(F)(F)F)cc3)C(=O)N3CCC[C@H]3C(=O)N(C)[C@@H](C)C(=O)N[C@@H](C)C(=O)N2C1. The second-order valence-electron chi connectivity index (χ2n) is 15.6. The van der Waals surface area contributed by atoms with Gasteiger partial charge in [0, 0.05) is 38.3 Å². The van der Waals surface area contributed by atoms with Gasteiger partial charge in [-0.1, -0.05) is 6.92 Å². The Hall–Kier alpha value is -5.76. The van der Waals surface area contributed by atoms with Gasteiger partial charge in [0.2, 0.25) is 29.5 Å². The van der Waals surface area contributed by atoms with Crippen molar-refractivity contribution in [2.24, 2.45) is 11.8 Å². The number of rotatable bonds is 7. The first kappa shape index (κ1) is 45.3. The lowest BCUT2D eigenvalue weighted by atomic mass is 9.91. The molecular formula is C39H48F5N7O9. The van der Waals surface area contributed by atoms with Gasteiger partial charge in [-0.3, -0.25) is 24.0 Å². The third-order valence-corrected chi connectivity index (χ3v) is 10.9. The van der Waals surface area contributed by atoms with Crippen molar-refractivity contribution in [3.05, 3.63) is 48.1 Å². The molecule has 4 N–H and O–H groups in total. The van der Waals surface area contributed by atoms with Crippen LogP contribution in [0.2, 0.25) is 0 Å². The van der Waals surface area contributed by atoms with Crippen LogP contribution in [0.25, 0.3) is 0 Å². The molecule has 7 amide bonds. The highest BCUT2D eigenvalue weighted by Crippen LogP contribution is 2.30. The number of carbonyl (C=O) groups is 7. The van der Waals surface area contributed by atoms with Crippen LogP contribution in [0.3, 0.4) is 0 Å². The van der Waals surface area contributed by atoms with E-state index < -0.39 is 120 Å². The summed E-state index contributed by atoms with van der Waals surface area (Å²) in [6.07, 6.45) is -4.81. The zero-order valence-electron chi connectivity index (χ0n) is 33.5. The highest BCUT2D eigenvalue weighted by Gasteiger charge is 2.46. The molecule has 3 fully saturated rings. The summed E-state index contributed by atoms with van der Waals surface area (Å²) in [6.45, 7) is 6.20. The summed E-state index contributed by atoms with van der Waals surface area (Å²) in [5.74, 6) is -8.21. The lowest BCUT2D eigenvalue weighted by Crippen LogP contribution is -2.62. The number of nitrogens with zero attached hydrogens (tertiary/aromatic N) is 3. The number of carbonyl (C=O) groups excluding carboxylic acids is 7. The molecule has 0 aromatic heterocycles. The van der Waals surface area contributed by atoms with Gasteiger partial charge in [-0.05, 0) is 88.6 Å². The predicted molar refractivity (Wildman–Crippen MR) is 202 cm³/mol. The van der Waals surface area contributed by atoms with Crippen LogP contribution in [-0.4, -0.2) is 125 Å².